The number of likely N-dealkylation sites (tertiary alicyclic amines) is 1. The molecule has 0 aromatic heterocycles. The highest BCUT2D eigenvalue weighted by molar-refractivity contribution is 6.02. The Hall–Kier alpha value is -3.71. The van der Waals surface area contributed by atoms with Gasteiger partial charge in [0, 0.05) is 25.2 Å². The molecule has 37 heavy (non-hydrogen) atoms. The molecule has 2 aliphatic heterocycles. The van der Waals surface area contributed by atoms with Crippen molar-refractivity contribution in [1.29, 1.82) is 0 Å². The summed E-state index contributed by atoms with van der Waals surface area (Å²) in [7, 11) is 0. The molecule has 2 N–H and O–H groups in total. The number of nitrogens with zero attached hydrogens (tertiary/aromatic N) is 3. The number of hydrogen-bond donors (Lipinski definition) is 1. The van der Waals surface area contributed by atoms with E-state index in [-0.39, 0.29) is 6.03 Å². The summed E-state index contributed by atoms with van der Waals surface area (Å²) in [5.74, 6) is 1.32. The molecular formula is C30H36N4O3. The summed E-state index contributed by atoms with van der Waals surface area (Å²) in [5, 5.41) is 0. The Morgan fingerprint density at radius 3 is 2.54 bits per heavy atom. The van der Waals surface area contributed by atoms with E-state index in [1.165, 1.54) is 5.56 Å². The summed E-state index contributed by atoms with van der Waals surface area (Å²) in [6.07, 6.45) is 2.24. The van der Waals surface area contributed by atoms with Gasteiger partial charge in [-0.1, -0.05) is 48.9 Å². The molecule has 1 fully saturated rings. The minimum atomic E-state index is -0.113. The van der Waals surface area contributed by atoms with E-state index in [1.807, 2.05) is 47.4 Å². The fourth-order valence-corrected chi connectivity index (χ4v) is 5.25. The zero-order chi connectivity index (χ0) is 25.8. The predicted molar refractivity (Wildman–Crippen MR) is 148 cm³/mol. The highest BCUT2D eigenvalue weighted by Gasteiger charge is 2.32. The van der Waals surface area contributed by atoms with E-state index in [1.54, 1.807) is 4.90 Å². The molecule has 0 bridgehead atoms. The molecule has 0 saturated carbocycles. The summed E-state index contributed by atoms with van der Waals surface area (Å²) in [5.41, 5.74) is 10.6. The van der Waals surface area contributed by atoms with Crippen molar-refractivity contribution in [3.05, 3.63) is 77.9 Å². The monoisotopic (exact) mass is 500 g/mol. The number of nitrogens with two attached hydrogens (primary N) is 1. The largest absolute Gasteiger partial charge is 0.486 e. The minimum Gasteiger partial charge on any atom is -0.486 e. The molecule has 0 aliphatic carbocycles. The number of para-hydroxylation sites is 2. The molecule has 0 spiro atoms. The van der Waals surface area contributed by atoms with Crippen molar-refractivity contribution in [2.45, 2.75) is 39.3 Å². The maximum absolute atomic E-state index is 14.5. The number of urea groups is 1. The SMILES string of the molecule is CCN1CCCC1CN(Cc1ccc(C)cc1)C(=O)N(c1ccc2c(c1)OCCO2)c1ccccc1N. The first-order valence-electron chi connectivity index (χ1n) is 13.2. The van der Waals surface area contributed by atoms with Gasteiger partial charge in [-0.05, 0) is 62.7 Å². The Labute approximate surface area is 219 Å². The number of anilines is 3. The van der Waals surface area contributed by atoms with Crippen molar-refractivity contribution < 1.29 is 14.3 Å². The lowest BCUT2D eigenvalue weighted by Crippen LogP contribution is -2.47. The molecule has 2 aliphatic rings. The van der Waals surface area contributed by atoms with Gasteiger partial charge in [0.05, 0.1) is 17.1 Å². The molecule has 7 nitrogen and oxygen atoms in total. The number of rotatable bonds is 7. The first kappa shape index (κ1) is 25.0. The van der Waals surface area contributed by atoms with Gasteiger partial charge in [0.25, 0.3) is 0 Å². The van der Waals surface area contributed by atoms with E-state index in [4.69, 9.17) is 15.2 Å². The second-order valence-corrected chi connectivity index (χ2v) is 9.80. The molecule has 5 rings (SSSR count). The lowest BCUT2D eigenvalue weighted by atomic mass is 10.1. The molecule has 7 heteroatoms. The molecule has 3 aromatic rings. The highest BCUT2D eigenvalue weighted by atomic mass is 16.6. The predicted octanol–water partition coefficient (Wildman–Crippen LogP) is 5.59. The summed E-state index contributed by atoms with van der Waals surface area (Å²) < 4.78 is 11.6. The van der Waals surface area contributed by atoms with Crippen LogP contribution in [-0.2, 0) is 6.54 Å². The van der Waals surface area contributed by atoms with E-state index in [9.17, 15) is 4.79 Å². The molecular weight excluding hydrogens is 464 g/mol. The minimum absolute atomic E-state index is 0.113. The van der Waals surface area contributed by atoms with Crippen LogP contribution in [0.4, 0.5) is 21.9 Å². The van der Waals surface area contributed by atoms with Crippen LogP contribution >= 0.6 is 0 Å². The first-order chi connectivity index (χ1) is 18.0. The lowest BCUT2D eigenvalue weighted by Gasteiger charge is -2.35. The second kappa shape index (κ2) is 11.1. The van der Waals surface area contributed by atoms with Crippen molar-refractivity contribution >= 4 is 23.1 Å². The number of likely N-dealkylation sites (N-methyl/N-ethyl adjacent to an activating group) is 1. The van der Waals surface area contributed by atoms with Crippen LogP contribution in [-0.4, -0.2) is 54.7 Å². The molecule has 194 valence electrons. The molecule has 3 aromatic carbocycles. The van der Waals surface area contributed by atoms with Crippen LogP contribution in [0.5, 0.6) is 11.5 Å². The smallest absolute Gasteiger partial charge is 0.329 e. The zero-order valence-corrected chi connectivity index (χ0v) is 21.7. The van der Waals surface area contributed by atoms with Crippen LogP contribution in [0.3, 0.4) is 0 Å². The van der Waals surface area contributed by atoms with Gasteiger partial charge in [-0.25, -0.2) is 4.79 Å². The molecule has 2 heterocycles. The van der Waals surface area contributed by atoms with Crippen LogP contribution in [0.25, 0.3) is 0 Å². The lowest BCUT2D eigenvalue weighted by molar-refractivity contribution is 0.170. The van der Waals surface area contributed by atoms with E-state index in [2.05, 4.69) is 43.0 Å². The van der Waals surface area contributed by atoms with E-state index < -0.39 is 0 Å². The van der Waals surface area contributed by atoms with Crippen LogP contribution in [0.2, 0.25) is 0 Å². The van der Waals surface area contributed by atoms with Gasteiger partial charge in [-0.15, -0.1) is 0 Å². The van der Waals surface area contributed by atoms with Gasteiger partial charge in [0.15, 0.2) is 11.5 Å². The van der Waals surface area contributed by atoms with E-state index >= 15 is 0 Å². The standard InChI is InChI=1S/C30H36N4O3/c1-3-32-16-6-7-25(32)21-33(20-23-12-10-22(2)11-13-23)30(35)34(27-9-5-4-8-26(27)31)24-14-15-28-29(19-24)37-18-17-36-28/h4-5,8-15,19,25H,3,6-7,16-18,20-21,31H2,1-2H3. The van der Waals surface area contributed by atoms with Gasteiger partial charge in [0.1, 0.15) is 13.2 Å². The average molecular weight is 501 g/mol. The molecule has 1 unspecified atom stereocenters. The van der Waals surface area contributed by atoms with E-state index in [0.717, 1.165) is 31.5 Å². The number of hydrogen-bond acceptors (Lipinski definition) is 5. The first-order valence-corrected chi connectivity index (χ1v) is 13.2. The van der Waals surface area contributed by atoms with Crippen molar-refractivity contribution in [3.63, 3.8) is 0 Å². The quantitative estimate of drug-likeness (QED) is 0.428. The Kier molecular flexibility index (Phi) is 7.51. The number of carbonyl (C=O) groups excluding carboxylic acids is 1. The number of carbonyl (C=O) groups is 1. The number of amides is 2. The normalized spacial score (nSPS) is 17.0. The van der Waals surface area contributed by atoms with Gasteiger partial charge >= 0.3 is 6.03 Å². The van der Waals surface area contributed by atoms with Crippen LogP contribution in [0.1, 0.15) is 30.9 Å². The van der Waals surface area contributed by atoms with Gasteiger partial charge in [-0.2, -0.15) is 0 Å². The van der Waals surface area contributed by atoms with Crippen molar-refractivity contribution in [2.24, 2.45) is 0 Å². The number of nitrogen functional groups attached to an aromatic ring is 1. The number of ether oxygens (including phenoxy) is 2. The summed E-state index contributed by atoms with van der Waals surface area (Å²) in [4.78, 5) is 20.7. The molecule has 2 amide bonds. The Balaban J connectivity index is 1.54. The summed E-state index contributed by atoms with van der Waals surface area (Å²) in [6, 6.07) is 21.8. The fraction of sp³-hybridized carbons (Fsp3) is 0.367. The van der Waals surface area contributed by atoms with Crippen LogP contribution < -0.4 is 20.1 Å². The van der Waals surface area contributed by atoms with Crippen molar-refractivity contribution in [2.75, 3.05) is 43.5 Å². The topological polar surface area (TPSA) is 71.3 Å². The molecule has 1 saturated heterocycles. The van der Waals surface area contributed by atoms with Gasteiger partial charge in [0.2, 0.25) is 0 Å². The molecule has 1 atom stereocenters. The number of benzene rings is 3. The third-order valence-electron chi connectivity index (χ3n) is 7.25. The fourth-order valence-electron chi connectivity index (χ4n) is 5.25. The zero-order valence-electron chi connectivity index (χ0n) is 21.7. The van der Waals surface area contributed by atoms with E-state index in [0.29, 0.717) is 60.9 Å². The number of fused-ring (bicyclic) bond motifs is 1. The maximum atomic E-state index is 14.5. The van der Waals surface area contributed by atoms with Crippen LogP contribution in [0.15, 0.2) is 66.7 Å². The average Bonchev–Trinajstić information content (AvgIpc) is 3.38. The summed E-state index contributed by atoms with van der Waals surface area (Å²) >= 11 is 0. The van der Waals surface area contributed by atoms with Gasteiger partial charge < -0.3 is 20.1 Å². The number of aryl methyl sites for hydroxylation is 1. The third-order valence-corrected chi connectivity index (χ3v) is 7.25. The van der Waals surface area contributed by atoms with Crippen molar-refractivity contribution in [3.8, 4) is 11.5 Å². The van der Waals surface area contributed by atoms with Crippen molar-refractivity contribution in [1.82, 2.24) is 9.80 Å². The third kappa shape index (κ3) is 5.52. The molecule has 0 radical (unpaired) electrons. The second-order valence-electron chi connectivity index (χ2n) is 9.80. The highest BCUT2D eigenvalue weighted by Crippen LogP contribution is 2.39. The van der Waals surface area contributed by atoms with Gasteiger partial charge in [-0.3, -0.25) is 9.80 Å². The maximum Gasteiger partial charge on any atom is 0.329 e. The summed E-state index contributed by atoms with van der Waals surface area (Å²) in [6.45, 7) is 8.48. The Bertz CT molecular complexity index is 1230. The Morgan fingerprint density at radius 2 is 1.78 bits per heavy atom. The van der Waals surface area contributed by atoms with Crippen LogP contribution in [0, 0.1) is 6.92 Å². The Morgan fingerprint density at radius 1 is 1.03 bits per heavy atom.